The maximum Gasteiger partial charge on any atom is 0.209 e. The first-order valence-corrected chi connectivity index (χ1v) is 8.20. The lowest BCUT2D eigenvalue weighted by atomic mass is 10.1. The summed E-state index contributed by atoms with van der Waals surface area (Å²) in [5.41, 5.74) is 5.84. The van der Waals surface area contributed by atoms with Gasteiger partial charge < -0.3 is 15.8 Å². The Morgan fingerprint density at radius 2 is 1.86 bits per heavy atom. The van der Waals surface area contributed by atoms with E-state index in [1.165, 1.54) is 0 Å². The van der Waals surface area contributed by atoms with Gasteiger partial charge in [-0.25, -0.2) is 13.1 Å². The van der Waals surface area contributed by atoms with Crippen LogP contribution < -0.4 is 20.5 Å². The van der Waals surface area contributed by atoms with Gasteiger partial charge >= 0.3 is 0 Å². The Balaban J connectivity index is 0.00000441. The minimum absolute atomic E-state index is 0. The summed E-state index contributed by atoms with van der Waals surface area (Å²) in [6.45, 7) is 3.69. The third-order valence-electron chi connectivity index (χ3n) is 2.47. The molecular formula is C13H23IN4O3S. The average Bonchev–Trinajstić information content (AvgIpc) is 2.35. The van der Waals surface area contributed by atoms with E-state index in [1.807, 2.05) is 0 Å². The number of nitrogens with zero attached hydrogens (tertiary/aromatic N) is 1. The van der Waals surface area contributed by atoms with Gasteiger partial charge in [0.25, 0.3) is 0 Å². The first kappa shape index (κ1) is 20.9. The van der Waals surface area contributed by atoms with Crippen LogP contribution in [0.2, 0.25) is 0 Å². The summed E-state index contributed by atoms with van der Waals surface area (Å²) in [4.78, 5) is 4.14. The van der Waals surface area contributed by atoms with Gasteiger partial charge in [-0.3, -0.25) is 4.99 Å². The molecule has 0 saturated carbocycles. The van der Waals surface area contributed by atoms with Crippen molar-refractivity contribution >= 4 is 45.6 Å². The number of ether oxygens (including phenoxy) is 1. The summed E-state index contributed by atoms with van der Waals surface area (Å²) >= 11 is 0. The summed E-state index contributed by atoms with van der Waals surface area (Å²) < 4.78 is 30.0. The Labute approximate surface area is 148 Å². The highest BCUT2D eigenvalue weighted by atomic mass is 127. The zero-order valence-corrected chi connectivity index (χ0v) is 16.2. The van der Waals surface area contributed by atoms with E-state index in [4.69, 9.17) is 10.5 Å². The van der Waals surface area contributed by atoms with Crippen LogP contribution in [0.3, 0.4) is 0 Å². The Morgan fingerprint density at radius 3 is 2.32 bits per heavy atom. The van der Waals surface area contributed by atoms with Crippen molar-refractivity contribution in [2.75, 3.05) is 25.2 Å². The van der Waals surface area contributed by atoms with E-state index in [-0.39, 0.29) is 36.5 Å². The predicted octanol–water partition coefficient (Wildman–Crippen LogP) is 1.37. The number of nitrogens with one attached hydrogen (secondary N) is 2. The highest BCUT2D eigenvalue weighted by Gasteiger charge is 2.21. The number of anilines is 1. The van der Waals surface area contributed by atoms with Crippen LogP contribution in [0.4, 0.5) is 5.69 Å². The molecule has 1 rings (SSSR count). The van der Waals surface area contributed by atoms with Crippen molar-refractivity contribution in [2.24, 2.45) is 10.7 Å². The predicted molar refractivity (Wildman–Crippen MR) is 101 cm³/mol. The van der Waals surface area contributed by atoms with Crippen molar-refractivity contribution in [3.63, 3.8) is 0 Å². The lowest BCUT2D eigenvalue weighted by Gasteiger charge is -2.22. The van der Waals surface area contributed by atoms with E-state index in [0.29, 0.717) is 0 Å². The molecule has 0 heterocycles. The molecule has 1 aromatic rings. The third kappa shape index (κ3) is 8.39. The molecule has 4 N–H and O–H groups in total. The number of guanidine groups is 1. The van der Waals surface area contributed by atoms with Crippen LogP contribution in [-0.4, -0.2) is 39.8 Å². The molecule has 126 valence electrons. The number of hydrogen-bond donors (Lipinski definition) is 3. The quantitative estimate of drug-likeness (QED) is 0.351. The molecule has 0 aliphatic carbocycles. The monoisotopic (exact) mass is 442 g/mol. The van der Waals surface area contributed by atoms with Gasteiger partial charge in [-0.2, -0.15) is 0 Å². The normalized spacial score (nSPS) is 12.5. The van der Waals surface area contributed by atoms with E-state index in [0.717, 1.165) is 17.7 Å². The fraction of sp³-hybridized carbons (Fsp3) is 0.462. The first-order valence-electron chi connectivity index (χ1n) is 6.31. The van der Waals surface area contributed by atoms with Crippen molar-refractivity contribution in [3.05, 3.63) is 24.3 Å². The van der Waals surface area contributed by atoms with Gasteiger partial charge in [0.1, 0.15) is 5.75 Å². The topological polar surface area (TPSA) is 106 Å². The van der Waals surface area contributed by atoms with E-state index in [2.05, 4.69) is 15.0 Å². The molecule has 0 unspecified atom stereocenters. The van der Waals surface area contributed by atoms with E-state index < -0.39 is 15.6 Å². The van der Waals surface area contributed by atoms with Crippen molar-refractivity contribution in [1.29, 1.82) is 0 Å². The first-order chi connectivity index (χ1) is 9.61. The van der Waals surface area contributed by atoms with Crippen LogP contribution in [0.5, 0.6) is 5.75 Å². The highest BCUT2D eigenvalue weighted by Crippen LogP contribution is 2.14. The van der Waals surface area contributed by atoms with Crippen LogP contribution >= 0.6 is 24.0 Å². The molecule has 0 spiro atoms. The molecule has 0 aliphatic heterocycles. The zero-order chi connectivity index (χ0) is 16.1. The van der Waals surface area contributed by atoms with Crippen LogP contribution in [0.15, 0.2) is 29.3 Å². The summed E-state index contributed by atoms with van der Waals surface area (Å²) in [7, 11) is -1.70. The molecule has 0 atom stereocenters. The van der Waals surface area contributed by atoms with Gasteiger partial charge in [0.15, 0.2) is 5.96 Å². The number of benzene rings is 1. The van der Waals surface area contributed by atoms with Crippen molar-refractivity contribution in [1.82, 2.24) is 4.72 Å². The van der Waals surface area contributed by atoms with Gasteiger partial charge in [0.2, 0.25) is 10.0 Å². The second kappa shape index (κ2) is 8.53. The standard InChI is InChI=1S/C13H22N4O3S.HI/c1-13(2,17-21(4,18)19)9-15-12(14)16-10-5-7-11(20-3)8-6-10;/h5-8,17H,9H2,1-4H3,(H3,14,15,16);1H. The molecule has 0 fully saturated rings. The number of rotatable bonds is 6. The number of halogens is 1. The average molecular weight is 442 g/mol. The highest BCUT2D eigenvalue weighted by molar-refractivity contribution is 14.0. The van der Waals surface area contributed by atoms with Gasteiger partial charge in [-0.15, -0.1) is 24.0 Å². The number of sulfonamides is 1. The molecule has 0 aliphatic rings. The van der Waals surface area contributed by atoms with E-state index in [1.54, 1.807) is 45.2 Å². The molecule has 22 heavy (non-hydrogen) atoms. The molecule has 0 saturated heterocycles. The number of nitrogens with two attached hydrogens (primary N) is 1. The van der Waals surface area contributed by atoms with Crippen molar-refractivity contribution < 1.29 is 13.2 Å². The summed E-state index contributed by atoms with van der Waals surface area (Å²) in [5.74, 6) is 0.957. The second-order valence-electron chi connectivity index (χ2n) is 5.31. The largest absolute Gasteiger partial charge is 0.497 e. The van der Waals surface area contributed by atoms with Crippen LogP contribution in [-0.2, 0) is 10.0 Å². The van der Waals surface area contributed by atoms with Crippen LogP contribution in [0.25, 0.3) is 0 Å². The maximum absolute atomic E-state index is 11.2. The molecule has 0 amide bonds. The van der Waals surface area contributed by atoms with E-state index >= 15 is 0 Å². The van der Waals surface area contributed by atoms with Gasteiger partial charge in [-0.1, -0.05) is 0 Å². The molecule has 0 bridgehead atoms. The van der Waals surface area contributed by atoms with Gasteiger partial charge in [-0.05, 0) is 38.1 Å². The fourth-order valence-electron chi connectivity index (χ4n) is 1.68. The van der Waals surface area contributed by atoms with Crippen molar-refractivity contribution in [2.45, 2.75) is 19.4 Å². The van der Waals surface area contributed by atoms with Crippen LogP contribution in [0, 0.1) is 0 Å². The number of aliphatic imine (C=N–C) groups is 1. The molecule has 0 aromatic heterocycles. The van der Waals surface area contributed by atoms with Gasteiger partial charge in [0, 0.05) is 11.2 Å². The molecular weight excluding hydrogens is 419 g/mol. The minimum atomic E-state index is -3.29. The third-order valence-corrected chi connectivity index (χ3v) is 3.39. The summed E-state index contributed by atoms with van der Waals surface area (Å²) in [6.07, 6.45) is 1.11. The van der Waals surface area contributed by atoms with Crippen molar-refractivity contribution in [3.8, 4) is 5.75 Å². The molecule has 0 radical (unpaired) electrons. The Kier molecular flexibility index (Phi) is 8.12. The number of hydrogen-bond acceptors (Lipinski definition) is 4. The molecule has 1 aromatic carbocycles. The Hall–Kier alpha value is -1.07. The lowest BCUT2D eigenvalue weighted by Crippen LogP contribution is -2.45. The Morgan fingerprint density at radius 1 is 1.32 bits per heavy atom. The summed E-state index contributed by atoms with van der Waals surface area (Å²) in [5, 5.41) is 2.92. The lowest BCUT2D eigenvalue weighted by molar-refractivity contribution is 0.415. The maximum atomic E-state index is 11.2. The number of methoxy groups -OCH3 is 1. The zero-order valence-electron chi connectivity index (χ0n) is 13.1. The Bertz CT molecular complexity index is 600. The summed E-state index contributed by atoms with van der Waals surface area (Å²) in [6, 6.07) is 7.21. The molecule has 9 heteroatoms. The smallest absolute Gasteiger partial charge is 0.209 e. The molecule has 7 nitrogen and oxygen atoms in total. The second-order valence-corrected chi connectivity index (χ2v) is 7.06. The van der Waals surface area contributed by atoms with Crippen LogP contribution in [0.1, 0.15) is 13.8 Å². The van der Waals surface area contributed by atoms with Gasteiger partial charge in [0.05, 0.1) is 19.9 Å². The SMILES string of the molecule is COc1ccc(NC(N)=NCC(C)(C)NS(C)(=O)=O)cc1.I. The minimum Gasteiger partial charge on any atom is -0.497 e. The fourth-order valence-corrected chi connectivity index (χ4v) is 2.75. The van der Waals surface area contributed by atoms with E-state index in [9.17, 15) is 8.42 Å².